The molecule has 3 aromatic rings. The Hall–Kier alpha value is -2.64. The van der Waals surface area contributed by atoms with Gasteiger partial charge in [-0.2, -0.15) is 0 Å². The Kier molecular flexibility index (Phi) is 6.71. The van der Waals surface area contributed by atoms with Crippen molar-refractivity contribution in [3.05, 3.63) is 48.0 Å². The lowest BCUT2D eigenvalue weighted by atomic mass is 10.1. The number of fused-ring (bicyclic) bond motifs is 1. The highest BCUT2D eigenvalue weighted by Crippen LogP contribution is 2.32. The first-order valence-electron chi connectivity index (χ1n) is 9.72. The van der Waals surface area contributed by atoms with Crippen molar-refractivity contribution < 1.29 is 14.4 Å². The fraction of sp³-hybridized carbons (Fsp3) is 0.364. The number of ether oxygens (including phenoxy) is 1. The monoisotopic (exact) mass is 413 g/mol. The van der Waals surface area contributed by atoms with E-state index >= 15 is 0 Å². The van der Waals surface area contributed by atoms with Crippen molar-refractivity contribution in [3.8, 4) is 5.75 Å². The lowest BCUT2D eigenvalue weighted by molar-refractivity contribution is -0.858. The molecule has 1 heterocycles. The van der Waals surface area contributed by atoms with Crippen LogP contribution in [0.3, 0.4) is 0 Å². The molecular formula is C22H29N4O2S+. The van der Waals surface area contributed by atoms with Crippen molar-refractivity contribution in [1.29, 1.82) is 0 Å². The molecule has 0 aliphatic carbocycles. The number of quaternary nitrogens is 1. The number of methoxy groups -OCH3 is 1. The number of anilines is 2. The molecular weight excluding hydrogens is 384 g/mol. The molecule has 3 rings (SSSR count). The zero-order valence-electron chi connectivity index (χ0n) is 17.7. The minimum absolute atomic E-state index is 0.0184. The molecule has 1 aromatic heterocycles. The van der Waals surface area contributed by atoms with E-state index in [1.807, 2.05) is 66.4 Å². The Morgan fingerprint density at radius 2 is 1.86 bits per heavy atom. The lowest BCUT2D eigenvalue weighted by Gasteiger charge is -2.21. The first-order valence-corrected chi connectivity index (χ1v) is 10.5. The van der Waals surface area contributed by atoms with Gasteiger partial charge in [0.05, 0.1) is 38.0 Å². The van der Waals surface area contributed by atoms with Gasteiger partial charge in [0.2, 0.25) is 0 Å². The molecule has 6 nitrogen and oxygen atoms in total. The number of hydrogen-bond acceptors (Lipinski definition) is 5. The number of hydrogen-bond donors (Lipinski definition) is 1. The molecule has 2 aromatic carbocycles. The maximum atomic E-state index is 13.3. The van der Waals surface area contributed by atoms with Gasteiger partial charge in [-0.15, -0.1) is 0 Å². The van der Waals surface area contributed by atoms with E-state index in [2.05, 4.69) is 14.1 Å². The molecule has 0 aliphatic heterocycles. The summed E-state index contributed by atoms with van der Waals surface area (Å²) in [6.45, 7) is 1.62. The topological polar surface area (TPSA) is 50.1 Å². The van der Waals surface area contributed by atoms with Crippen molar-refractivity contribution in [3.63, 3.8) is 0 Å². The second-order valence-electron chi connectivity index (χ2n) is 7.54. The van der Waals surface area contributed by atoms with Crippen LogP contribution in [0.15, 0.2) is 42.5 Å². The largest absolute Gasteiger partial charge is 0.497 e. The fourth-order valence-corrected chi connectivity index (χ4v) is 4.04. The van der Waals surface area contributed by atoms with E-state index in [0.717, 1.165) is 39.8 Å². The lowest BCUT2D eigenvalue weighted by Crippen LogP contribution is -3.05. The van der Waals surface area contributed by atoms with Crippen LogP contribution in [0, 0.1) is 0 Å². The summed E-state index contributed by atoms with van der Waals surface area (Å²) in [5, 5.41) is 0.726. The third-order valence-electron chi connectivity index (χ3n) is 4.75. The number of nitrogens with zero attached hydrogens (tertiary/aromatic N) is 3. The van der Waals surface area contributed by atoms with Gasteiger partial charge >= 0.3 is 0 Å². The minimum Gasteiger partial charge on any atom is -0.497 e. The predicted octanol–water partition coefficient (Wildman–Crippen LogP) is 2.55. The third-order valence-corrected chi connectivity index (χ3v) is 5.81. The number of rotatable bonds is 8. The van der Waals surface area contributed by atoms with Gasteiger partial charge in [-0.3, -0.25) is 9.69 Å². The Balaban J connectivity index is 1.92. The van der Waals surface area contributed by atoms with Crippen molar-refractivity contribution in [1.82, 2.24) is 4.98 Å². The molecule has 7 heteroatoms. The van der Waals surface area contributed by atoms with Gasteiger partial charge in [0.15, 0.2) is 5.13 Å². The molecule has 1 amide bonds. The molecule has 0 fully saturated rings. The Morgan fingerprint density at radius 3 is 2.48 bits per heavy atom. The summed E-state index contributed by atoms with van der Waals surface area (Å²) in [7, 11) is 9.86. The number of benzene rings is 2. The molecule has 0 saturated heterocycles. The molecule has 0 aliphatic rings. The van der Waals surface area contributed by atoms with Crippen molar-refractivity contribution in [2.45, 2.75) is 6.42 Å². The van der Waals surface area contributed by atoms with Gasteiger partial charge in [-0.1, -0.05) is 11.3 Å². The average Bonchev–Trinajstić information content (AvgIpc) is 3.13. The van der Waals surface area contributed by atoms with Crippen LogP contribution in [0.1, 0.15) is 16.8 Å². The standard InChI is InChI=1S/C22H28N4O2S/c1-24(2)13-6-14-26(21(27)16-7-9-17(10-8-16)25(3)4)22-23-19-15-18(28-5)11-12-20(19)29-22/h7-12,15H,6,13-14H2,1-5H3/p+1. The second kappa shape index (κ2) is 9.24. The summed E-state index contributed by atoms with van der Waals surface area (Å²) >= 11 is 1.54. The molecule has 0 atom stereocenters. The first-order chi connectivity index (χ1) is 13.9. The summed E-state index contributed by atoms with van der Waals surface area (Å²) in [4.78, 5) is 23.3. The van der Waals surface area contributed by atoms with E-state index in [1.165, 1.54) is 16.2 Å². The van der Waals surface area contributed by atoms with Crippen LogP contribution in [0.4, 0.5) is 10.8 Å². The SMILES string of the molecule is COc1ccc2sc(N(CCC[NH+](C)C)C(=O)c3ccc(N(C)C)cc3)nc2c1. The molecule has 1 N–H and O–H groups in total. The average molecular weight is 414 g/mol. The summed E-state index contributed by atoms with van der Waals surface area (Å²) < 4.78 is 6.35. The fourth-order valence-electron chi connectivity index (χ4n) is 3.07. The van der Waals surface area contributed by atoms with Crippen molar-refractivity contribution in [2.75, 3.05) is 58.2 Å². The Bertz CT molecular complexity index is 967. The van der Waals surface area contributed by atoms with E-state index in [4.69, 9.17) is 9.72 Å². The normalized spacial score (nSPS) is 11.1. The zero-order chi connectivity index (χ0) is 21.0. The summed E-state index contributed by atoms with van der Waals surface area (Å²) in [5.41, 5.74) is 2.59. The highest BCUT2D eigenvalue weighted by atomic mass is 32.1. The van der Waals surface area contributed by atoms with Gasteiger partial charge in [-0.05, 0) is 36.4 Å². The molecule has 0 spiro atoms. The molecule has 0 radical (unpaired) electrons. The van der Waals surface area contributed by atoms with Gasteiger partial charge in [-0.25, -0.2) is 4.98 Å². The van der Waals surface area contributed by atoms with E-state index in [0.29, 0.717) is 12.1 Å². The van der Waals surface area contributed by atoms with E-state index in [9.17, 15) is 4.79 Å². The number of carbonyl (C=O) groups is 1. The van der Waals surface area contributed by atoms with Crippen LogP contribution in [0.25, 0.3) is 10.2 Å². The number of thiazole rings is 1. The maximum absolute atomic E-state index is 13.3. The summed E-state index contributed by atoms with van der Waals surface area (Å²) in [6, 6.07) is 13.5. The second-order valence-corrected chi connectivity index (χ2v) is 8.55. The van der Waals surface area contributed by atoms with Gasteiger partial charge in [0.1, 0.15) is 5.75 Å². The van der Waals surface area contributed by atoms with Crippen LogP contribution in [0.2, 0.25) is 0 Å². The Labute approximate surface area is 176 Å². The number of aromatic nitrogens is 1. The highest BCUT2D eigenvalue weighted by molar-refractivity contribution is 7.22. The van der Waals surface area contributed by atoms with E-state index in [-0.39, 0.29) is 5.91 Å². The van der Waals surface area contributed by atoms with Crippen LogP contribution in [-0.4, -0.2) is 59.3 Å². The number of carbonyl (C=O) groups excluding carboxylic acids is 1. The maximum Gasteiger partial charge on any atom is 0.260 e. The molecule has 0 unspecified atom stereocenters. The molecule has 154 valence electrons. The van der Waals surface area contributed by atoms with Crippen LogP contribution >= 0.6 is 11.3 Å². The third kappa shape index (κ3) is 5.05. The molecule has 0 bridgehead atoms. The van der Waals surface area contributed by atoms with Crippen LogP contribution in [0.5, 0.6) is 5.75 Å². The summed E-state index contributed by atoms with van der Waals surface area (Å²) in [6.07, 6.45) is 0.906. The van der Waals surface area contributed by atoms with Crippen molar-refractivity contribution >= 4 is 38.3 Å². The number of nitrogens with one attached hydrogen (secondary N) is 1. The van der Waals surface area contributed by atoms with Gasteiger partial charge in [0.25, 0.3) is 5.91 Å². The quantitative estimate of drug-likeness (QED) is 0.617. The van der Waals surface area contributed by atoms with E-state index in [1.54, 1.807) is 7.11 Å². The van der Waals surface area contributed by atoms with Crippen molar-refractivity contribution in [2.24, 2.45) is 0 Å². The predicted molar refractivity (Wildman–Crippen MR) is 121 cm³/mol. The number of amides is 1. The van der Waals surface area contributed by atoms with Gasteiger partial charge < -0.3 is 14.5 Å². The van der Waals surface area contributed by atoms with E-state index < -0.39 is 0 Å². The molecule has 0 saturated carbocycles. The Morgan fingerprint density at radius 1 is 1.14 bits per heavy atom. The highest BCUT2D eigenvalue weighted by Gasteiger charge is 2.21. The minimum atomic E-state index is -0.0184. The molecule has 29 heavy (non-hydrogen) atoms. The summed E-state index contributed by atoms with van der Waals surface area (Å²) in [5.74, 6) is 0.748. The van der Waals surface area contributed by atoms with Crippen LogP contribution < -0.4 is 19.4 Å². The van der Waals surface area contributed by atoms with Gasteiger partial charge in [0, 0.05) is 44.4 Å². The smallest absolute Gasteiger partial charge is 0.260 e. The zero-order valence-corrected chi connectivity index (χ0v) is 18.5. The van der Waals surface area contributed by atoms with Crippen LogP contribution in [-0.2, 0) is 0 Å². The first kappa shape index (κ1) is 21.1.